The summed E-state index contributed by atoms with van der Waals surface area (Å²) in [6, 6.07) is 21.1. The van der Waals surface area contributed by atoms with Crippen LogP contribution in [0.25, 0.3) is 10.9 Å². The Morgan fingerprint density at radius 2 is 1.85 bits per heavy atom. The molecule has 2 heterocycles. The van der Waals surface area contributed by atoms with E-state index < -0.39 is 17.9 Å². The number of halogens is 2. The molecule has 1 saturated carbocycles. The zero-order valence-electron chi connectivity index (χ0n) is 22.7. The third-order valence-corrected chi connectivity index (χ3v) is 7.24. The van der Waals surface area contributed by atoms with Crippen LogP contribution in [0.3, 0.4) is 0 Å². The molecule has 5 aromatic rings. The molecule has 2 atom stereocenters. The first-order valence-corrected chi connectivity index (χ1v) is 13.4. The number of benzene rings is 3. The van der Waals surface area contributed by atoms with Crippen LogP contribution in [0.5, 0.6) is 0 Å². The van der Waals surface area contributed by atoms with Gasteiger partial charge in [0.1, 0.15) is 17.6 Å². The minimum Gasteiger partial charge on any atom is -0.376 e. The first-order chi connectivity index (χ1) is 20.4. The van der Waals surface area contributed by atoms with Crippen molar-refractivity contribution in [3.05, 3.63) is 112 Å². The third kappa shape index (κ3) is 5.54. The Morgan fingerprint density at radius 1 is 1.07 bits per heavy atom. The van der Waals surface area contributed by atoms with E-state index in [-0.39, 0.29) is 18.0 Å². The lowest BCUT2D eigenvalue weighted by Gasteiger charge is -2.22. The van der Waals surface area contributed by atoms with Gasteiger partial charge >= 0.3 is 0 Å². The maximum absolute atomic E-state index is 13.9. The molecular formula is C31H24ClFN8. The molecule has 0 saturated heterocycles. The average molecular weight is 564 g/mol. The van der Waals surface area contributed by atoms with E-state index in [9.17, 15) is 16.3 Å². The predicted molar refractivity (Wildman–Crippen MR) is 155 cm³/mol. The van der Waals surface area contributed by atoms with Gasteiger partial charge in [0.05, 0.1) is 59.9 Å². The molecule has 2 aromatic heterocycles. The van der Waals surface area contributed by atoms with Crippen molar-refractivity contribution in [2.75, 3.05) is 10.6 Å². The van der Waals surface area contributed by atoms with Crippen molar-refractivity contribution in [3.63, 3.8) is 0 Å². The Bertz CT molecular complexity index is 1840. The van der Waals surface area contributed by atoms with Gasteiger partial charge in [0.2, 0.25) is 0 Å². The van der Waals surface area contributed by atoms with Crippen LogP contribution in [0, 0.1) is 28.5 Å². The van der Waals surface area contributed by atoms with Crippen LogP contribution in [-0.2, 0) is 0 Å². The van der Waals surface area contributed by atoms with Gasteiger partial charge in [-0.1, -0.05) is 59.3 Å². The summed E-state index contributed by atoms with van der Waals surface area (Å²) in [5.74, 6) is -0.423. The topological polar surface area (TPSA) is 115 Å². The quantitative estimate of drug-likeness (QED) is 0.196. The standard InChI is InChI=1S/C31H24ClFN8/c32-26-15-23(37-30(20-6-8-22(33)9-7-20)28-18-41(40-39-28)24-10-11-24)14-25-29(21(16-35)17-36-31(25)26)38-27(12-13-34)19-4-2-1-3-5-19/h1-9,14-15,17-18,24,27,30,37H,10-12H2,(H,36,38)/t27-,30-/m0/s1/i30D. The Labute approximate surface area is 242 Å². The molecule has 6 rings (SSSR count). The molecule has 0 radical (unpaired) electrons. The van der Waals surface area contributed by atoms with Gasteiger partial charge in [0.15, 0.2) is 0 Å². The lowest BCUT2D eigenvalue weighted by atomic mass is 10.0. The number of nitriles is 2. The number of nitrogens with one attached hydrogen (secondary N) is 2. The monoisotopic (exact) mass is 563 g/mol. The van der Waals surface area contributed by atoms with Crippen LogP contribution in [0.2, 0.25) is 5.02 Å². The molecule has 0 unspecified atom stereocenters. The first kappa shape index (κ1) is 25.0. The fourth-order valence-electron chi connectivity index (χ4n) is 4.73. The van der Waals surface area contributed by atoms with Crippen LogP contribution < -0.4 is 10.6 Å². The zero-order valence-corrected chi connectivity index (χ0v) is 22.5. The molecule has 0 aliphatic heterocycles. The van der Waals surface area contributed by atoms with Crippen LogP contribution in [0.4, 0.5) is 15.8 Å². The fourth-order valence-corrected chi connectivity index (χ4v) is 5.00. The van der Waals surface area contributed by atoms with Gasteiger partial charge in [-0.2, -0.15) is 10.5 Å². The Kier molecular flexibility index (Phi) is 6.86. The van der Waals surface area contributed by atoms with Gasteiger partial charge < -0.3 is 10.6 Å². The molecule has 0 spiro atoms. The molecule has 3 aromatic carbocycles. The normalized spacial score (nSPS) is 15.3. The minimum absolute atomic E-state index is 0.154. The average Bonchev–Trinajstić information content (AvgIpc) is 3.73. The largest absolute Gasteiger partial charge is 0.376 e. The van der Waals surface area contributed by atoms with Crippen molar-refractivity contribution in [2.45, 2.75) is 37.4 Å². The second kappa shape index (κ2) is 11.2. The minimum atomic E-state index is -1.65. The van der Waals surface area contributed by atoms with Crippen LogP contribution in [0.15, 0.2) is 79.1 Å². The van der Waals surface area contributed by atoms with Gasteiger partial charge in [0.25, 0.3) is 0 Å². The van der Waals surface area contributed by atoms with Crippen LogP contribution >= 0.6 is 11.6 Å². The van der Waals surface area contributed by atoms with Gasteiger partial charge in [-0.25, -0.2) is 9.07 Å². The van der Waals surface area contributed by atoms with Crippen molar-refractivity contribution in [1.82, 2.24) is 20.0 Å². The lowest BCUT2D eigenvalue weighted by molar-refractivity contribution is 0.610. The summed E-state index contributed by atoms with van der Waals surface area (Å²) >= 11 is 6.73. The SMILES string of the molecule is [2H][C@](Nc1cc(Cl)c2ncc(C#N)c(N[C@@H](CC#N)c3ccccc3)c2c1)(c1ccc(F)cc1)c1cn(C2CC2)nn1. The number of aromatic nitrogens is 4. The maximum atomic E-state index is 13.9. The number of hydrogen-bond acceptors (Lipinski definition) is 7. The highest BCUT2D eigenvalue weighted by molar-refractivity contribution is 6.35. The molecule has 1 fully saturated rings. The zero-order chi connectivity index (χ0) is 29.3. The molecule has 2 N–H and O–H groups in total. The van der Waals surface area contributed by atoms with E-state index in [1.165, 1.54) is 30.5 Å². The van der Waals surface area contributed by atoms with Crippen LogP contribution in [0.1, 0.15) is 61.1 Å². The Hall–Kier alpha value is -4.99. The van der Waals surface area contributed by atoms with E-state index in [0.717, 1.165) is 18.4 Å². The smallest absolute Gasteiger partial charge is 0.123 e. The van der Waals surface area contributed by atoms with Crippen molar-refractivity contribution >= 4 is 33.9 Å². The summed E-state index contributed by atoms with van der Waals surface area (Å²) in [7, 11) is 0. The number of fused-ring (bicyclic) bond motifs is 1. The van der Waals surface area contributed by atoms with Crippen molar-refractivity contribution in [1.29, 1.82) is 10.5 Å². The molecule has 0 amide bonds. The van der Waals surface area contributed by atoms with Gasteiger partial charge in [-0.05, 0) is 48.2 Å². The molecule has 1 aliphatic rings. The number of anilines is 2. The summed E-state index contributed by atoms with van der Waals surface area (Å²) in [5, 5.41) is 35.5. The number of nitrogens with zero attached hydrogens (tertiary/aromatic N) is 6. The number of hydrogen-bond donors (Lipinski definition) is 2. The number of pyridine rings is 1. The second-order valence-electron chi connectivity index (χ2n) is 9.80. The van der Waals surface area contributed by atoms with Crippen molar-refractivity contribution < 1.29 is 5.76 Å². The first-order valence-electron chi connectivity index (χ1n) is 13.6. The highest BCUT2D eigenvalue weighted by Crippen LogP contribution is 2.38. The van der Waals surface area contributed by atoms with E-state index in [2.05, 4.69) is 38.1 Å². The Morgan fingerprint density at radius 3 is 2.56 bits per heavy atom. The van der Waals surface area contributed by atoms with Crippen molar-refractivity contribution in [2.24, 2.45) is 0 Å². The summed E-state index contributed by atoms with van der Waals surface area (Å²) in [6.07, 6.45) is 5.33. The lowest BCUT2D eigenvalue weighted by Crippen LogP contribution is -2.14. The van der Waals surface area contributed by atoms with E-state index in [4.69, 9.17) is 11.6 Å². The van der Waals surface area contributed by atoms with E-state index in [1.807, 2.05) is 30.3 Å². The molecule has 202 valence electrons. The summed E-state index contributed by atoms with van der Waals surface area (Å²) < 4.78 is 25.2. The number of rotatable bonds is 9. The molecular weight excluding hydrogens is 539 g/mol. The van der Waals surface area contributed by atoms with E-state index >= 15 is 0 Å². The predicted octanol–water partition coefficient (Wildman–Crippen LogP) is 7.09. The molecule has 41 heavy (non-hydrogen) atoms. The summed E-state index contributed by atoms with van der Waals surface area (Å²) in [6.45, 7) is 0. The highest BCUT2D eigenvalue weighted by Gasteiger charge is 2.27. The molecule has 10 heteroatoms. The van der Waals surface area contributed by atoms with Gasteiger partial charge in [-0.15, -0.1) is 5.10 Å². The van der Waals surface area contributed by atoms with Gasteiger partial charge in [-0.3, -0.25) is 4.98 Å². The molecule has 8 nitrogen and oxygen atoms in total. The second-order valence-corrected chi connectivity index (χ2v) is 10.2. The molecule has 0 bridgehead atoms. The fraction of sp³-hybridized carbons (Fsp3) is 0.194. The Balaban J connectivity index is 1.46. The van der Waals surface area contributed by atoms with Crippen LogP contribution in [-0.4, -0.2) is 20.0 Å². The maximum Gasteiger partial charge on any atom is 0.123 e. The van der Waals surface area contributed by atoms with E-state index in [1.54, 1.807) is 23.0 Å². The summed E-state index contributed by atoms with van der Waals surface area (Å²) in [4.78, 5) is 4.43. The molecule has 1 aliphatic carbocycles. The van der Waals surface area contributed by atoms with E-state index in [0.29, 0.717) is 38.6 Å². The summed E-state index contributed by atoms with van der Waals surface area (Å²) in [5.41, 5.74) is 3.30. The third-order valence-electron chi connectivity index (χ3n) is 6.95. The highest BCUT2D eigenvalue weighted by atomic mass is 35.5. The van der Waals surface area contributed by atoms with Crippen molar-refractivity contribution in [3.8, 4) is 12.1 Å². The van der Waals surface area contributed by atoms with Gasteiger partial charge in [0, 0.05) is 17.3 Å².